The Labute approximate surface area is 126 Å². The predicted octanol–water partition coefficient (Wildman–Crippen LogP) is 2.31. The first kappa shape index (κ1) is 12.7. The molecule has 0 N–H and O–H groups in total. The molecule has 7 heteroatoms. The molecule has 1 aliphatic rings. The predicted molar refractivity (Wildman–Crippen MR) is 83.7 cm³/mol. The number of hydrogen-bond acceptors (Lipinski definition) is 6. The minimum absolute atomic E-state index is 0.831. The van der Waals surface area contributed by atoms with E-state index in [9.17, 15) is 0 Å². The van der Waals surface area contributed by atoms with Gasteiger partial charge in [-0.3, -0.25) is 0 Å². The quantitative estimate of drug-likeness (QED) is 0.727. The Kier molecular flexibility index (Phi) is 2.72. The Morgan fingerprint density at radius 2 is 2.00 bits per heavy atom. The van der Waals surface area contributed by atoms with Gasteiger partial charge in [-0.1, -0.05) is 5.21 Å². The van der Waals surface area contributed by atoms with Gasteiger partial charge in [-0.25, -0.2) is 14.6 Å². The lowest BCUT2D eigenvalue weighted by Gasteiger charge is -2.32. The lowest BCUT2D eigenvalue weighted by molar-refractivity contribution is 0.611. The average molecular weight is 300 g/mol. The van der Waals surface area contributed by atoms with Crippen molar-refractivity contribution < 1.29 is 0 Å². The number of anilines is 1. The Morgan fingerprint density at radius 3 is 2.62 bits per heavy atom. The maximum atomic E-state index is 4.70. The van der Waals surface area contributed by atoms with Crippen molar-refractivity contribution in [1.29, 1.82) is 0 Å². The standard InChI is InChI=1S/C14H16N6S/c1-8-12(19(3)18-17-8)10-7-21-14-11(10)13(15-9(2)16-14)20-5-4-6-20/h7H,4-6H2,1-3H3. The van der Waals surface area contributed by atoms with Gasteiger partial charge >= 0.3 is 0 Å². The van der Waals surface area contributed by atoms with Crippen molar-refractivity contribution in [2.24, 2.45) is 7.05 Å². The van der Waals surface area contributed by atoms with E-state index in [-0.39, 0.29) is 0 Å². The topological polar surface area (TPSA) is 59.7 Å². The van der Waals surface area contributed by atoms with Crippen LogP contribution in [0.15, 0.2) is 5.38 Å². The number of aryl methyl sites for hydroxylation is 3. The summed E-state index contributed by atoms with van der Waals surface area (Å²) >= 11 is 1.66. The highest BCUT2D eigenvalue weighted by molar-refractivity contribution is 7.17. The Bertz CT molecular complexity index is 810. The molecule has 3 aromatic rings. The van der Waals surface area contributed by atoms with Crippen LogP contribution in [0.25, 0.3) is 21.5 Å². The largest absolute Gasteiger partial charge is 0.356 e. The van der Waals surface area contributed by atoms with E-state index in [1.165, 1.54) is 6.42 Å². The molecule has 108 valence electrons. The second-order valence-electron chi connectivity index (χ2n) is 5.41. The number of aromatic nitrogens is 5. The lowest BCUT2D eigenvalue weighted by atomic mass is 10.1. The summed E-state index contributed by atoms with van der Waals surface area (Å²) < 4.78 is 1.83. The molecule has 4 rings (SSSR count). The molecule has 0 aliphatic carbocycles. The van der Waals surface area contributed by atoms with Crippen LogP contribution in [0.3, 0.4) is 0 Å². The number of rotatable bonds is 2. The highest BCUT2D eigenvalue weighted by atomic mass is 32.1. The van der Waals surface area contributed by atoms with E-state index in [4.69, 9.17) is 4.98 Å². The molecule has 0 radical (unpaired) electrons. The molecule has 1 aliphatic heterocycles. The van der Waals surface area contributed by atoms with E-state index in [1.54, 1.807) is 11.3 Å². The van der Waals surface area contributed by atoms with E-state index >= 15 is 0 Å². The van der Waals surface area contributed by atoms with E-state index in [0.717, 1.165) is 51.9 Å². The summed E-state index contributed by atoms with van der Waals surface area (Å²) in [5.41, 5.74) is 3.13. The third-order valence-corrected chi connectivity index (χ3v) is 4.80. The van der Waals surface area contributed by atoms with Crippen LogP contribution in [0.1, 0.15) is 17.9 Å². The summed E-state index contributed by atoms with van der Waals surface area (Å²) in [4.78, 5) is 12.7. The van der Waals surface area contributed by atoms with Crippen molar-refractivity contribution in [1.82, 2.24) is 25.0 Å². The fourth-order valence-electron chi connectivity index (χ4n) is 2.79. The van der Waals surface area contributed by atoms with E-state index in [2.05, 4.69) is 25.6 Å². The van der Waals surface area contributed by atoms with Gasteiger partial charge in [0, 0.05) is 31.1 Å². The van der Waals surface area contributed by atoms with Gasteiger partial charge < -0.3 is 4.90 Å². The zero-order valence-corrected chi connectivity index (χ0v) is 13.1. The third-order valence-electron chi connectivity index (χ3n) is 3.93. The molecule has 21 heavy (non-hydrogen) atoms. The van der Waals surface area contributed by atoms with Crippen molar-refractivity contribution in [3.8, 4) is 11.3 Å². The van der Waals surface area contributed by atoms with Gasteiger partial charge in [-0.05, 0) is 20.3 Å². The van der Waals surface area contributed by atoms with Crippen LogP contribution >= 0.6 is 11.3 Å². The SMILES string of the molecule is Cc1nc(N2CCC2)c2c(-c3c(C)nnn3C)csc2n1. The zero-order valence-electron chi connectivity index (χ0n) is 12.3. The van der Waals surface area contributed by atoms with Crippen molar-refractivity contribution in [3.63, 3.8) is 0 Å². The van der Waals surface area contributed by atoms with Gasteiger partial charge in [-0.2, -0.15) is 0 Å². The van der Waals surface area contributed by atoms with Gasteiger partial charge in [0.25, 0.3) is 0 Å². The van der Waals surface area contributed by atoms with E-state index in [0.29, 0.717) is 0 Å². The minimum atomic E-state index is 0.831. The van der Waals surface area contributed by atoms with Gasteiger partial charge in [0.2, 0.25) is 0 Å². The van der Waals surface area contributed by atoms with Crippen LogP contribution in [0, 0.1) is 13.8 Å². The van der Waals surface area contributed by atoms with Crippen molar-refractivity contribution in [2.75, 3.05) is 18.0 Å². The summed E-state index contributed by atoms with van der Waals surface area (Å²) in [6, 6.07) is 0. The van der Waals surface area contributed by atoms with Crippen molar-refractivity contribution in [2.45, 2.75) is 20.3 Å². The summed E-state index contributed by atoms with van der Waals surface area (Å²) in [6.45, 7) is 6.09. The van der Waals surface area contributed by atoms with Gasteiger partial charge in [-0.15, -0.1) is 16.4 Å². The number of thiophene rings is 1. The minimum Gasteiger partial charge on any atom is -0.356 e. The molecule has 0 atom stereocenters. The molecule has 3 aromatic heterocycles. The normalized spacial score (nSPS) is 14.7. The Hall–Kier alpha value is -2.02. The number of fused-ring (bicyclic) bond motifs is 1. The molecule has 0 saturated carbocycles. The second-order valence-corrected chi connectivity index (χ2v) is 6.27. The number of nitrogens with zero attached hydrogens (tertiary/aromatic N) is 6. The number of hydrogen-bond donors (Lipinski definition) is 0. The van der Waals surface area contributed by atoms with Crippen LogP contribution in [-0.2, 0) is 7.05 Å². The highest BCUT2D eigenvalue weighted by Gasteiger charge is 2.24. The first-order valence-corrected chi connectivity index (χ1v) is 7.90. The first-order chi connectivity index (χ1) is 10.1. The Morgan fingerprint density at radius 1 is 1.19 bits per heavy atom. The van der Waals surface area contributed by atoms with Crippen LogP contribution < -0.4 is 4.90 Å². The lowest BCUT2D eigenvalue weighted by Crippen LogP contribution is -2.38. The fourth-order valence-corrected chi connectivity index (χ4v) is 3.75. The molecule has 0 unspecified atom stereocenters. The fraction of sp³-hybridized carbons (Fsp3) is 0.429. The first-order valence-electron chi connectivity index (χ1n) is 7.02. The molecule has 4 heterocycles. The maximum absolute atomic E-state index is 4.70. The van der Waals surface area contributed by atoms with E-state index < -0.39 is 0 Å². The molecule has 1 fully saturated rings. The van der Waals surface area contributed by atoms with Crippen LogP contribution in [0.5, 0.6) is 0 Å². The molecule has 0 amide bonds. The van der Waals surface area contributed by atoms with Crippen molar-refractivity contribution in [3.05, 3.63) is 16.9 Å². The highest BCUT2D eigenvalue weighted by Crippen LogP contribution is 2.39. The second kappa shape index (κ2) is 4.49. The van der Waals surface area contributed by atoms with Gasteiger partial charge in [0.15, 0.2) is 0 Å². The molecule has 0 spiro atoms. The molecule has 0 aromatic carbocycles. The maximum Gasteiger partial charge on any atom is 0.141 e. The third kappa shape index (κ3) is 1.84. The zero-order chi connectivity index (χ0) is 14.6. The van der Waals surface area contributed by atoms with Crippen LogP contribution in [0.2, 0.25) is 0 Å². The van der Waals surface area contributed by atoms with Crippen LogP contribution in [-0.4, -0.2) is 38.1 Å². The van der Waals surface area contributed by atoms with Gasteiger partial charge in [0.05, 0.1) is 16.8 Å². The summed E-state index contributed by atoms with van der Waals surface area (Å²) in [5, 5.41) is 11.6. The van der Waals surface area contributed by atoms with Crippen molar-refractivity contribution >= 4 is 27.4 Å². The molecule has 6 nitrogen and oxygen atoms in total. The molecule has 0 bridgehead atoms. The molecular formula is C14H16N6S. The van der Waals surface area contributed by atoms with Crippen LogP contribution in [0.4, 0.5) is 5.82 Å². The Balaban J connectivity index is 2.02. The smallest absolute Gasteiger partial charge is 0.141 e. The molecular weight excluding hydrogens is 284 g/mol. The summed E-state index contributed by atoms with van der Waals surface area (Å²) in [5.74, 6) is 1.89. The monoisotopic (exact) mass is 300 g/mol. The summed E-state index contributed by atoms with van der Waals surface area (Å²) in [7, 11) is 1.93. The summed E-state index contributed by atoms with van der Waals surface area (Å²) in [6.07, 6.45) is 1.23. The van der Waals surface area contributed by atoms with Gasteiger partial charge in [0.1, 0.15) is 16.5 Å². The van der Waals surface area contributed by atoms with E-state index in [1.807, 2.05) is 25.6 Å². The molecule has 1 saturated heterocycles. The average Bonchev–Trinajstić information content (AvgIpc) is 2.91.